The first-order valence-electron chi connectivity index (χ1n) is 12.2. The average Bonchev–Trinajstić information content (AvgIpc) is 3.13. The van der Waals surface area contributed by atoms with Crippen LogP contribution in [0.1, 0.15) is 54.1 Å². The minimum absolute atomic E-state index is 0.0979. The molecule has 37 heavy (non-hydrogen) atoms. The van der Waals surface area contributed by atoms with E-state index in [1.807, 2.05) is 67.6 Å². The number of amides is 1. The van der Waals surface area contributed by atoms with Crippen LogP contribution in [0.2, 0.25) is 0 Å². The number of anilines is 2. The molecule has 1 N–H and O–H groups in total. The summed E-state index contributed by atoms with van der Waals surface area (Å²) in [6, 6.07) is 26.2. The Balaban J connectivity index is 1.58. The van der Waals surface area contributed by atoms with E-state index in [4.69, 9.17) is 0 Å². The third kappa shape index (κ3) is 2.71. The van der Waals surface area contributed by atoms with Gasteiger partial charge < -0.3 is 10.2 Å². The minimum atomic E-state index is -1.14. The van der Waals surface area contributed by atoms with Crippen molar-refractivity contribution in [3.05, 3.63) is 136 Å². The molecule has 0 saturated carbocycles. The van der Waals surface area contributed by atoms with E-state index < -0.39 is 5.41 Å². The molecule has 7 rings (SSSR count). The quantitative estimate of drug-likeness (QED) is 0.343. The second kappa shape index (κ2) is 7.37. The van der Waals surface area contributed by atoms with Crippen molar-refractivity contribution in [1.29, 1.82) is 0 Å². The number of likely N-dealkylation sites (N-methyl/N-ethyl adjacent to an activating group) is 1. The summed E-state index contributed by atoms with van der Waals surface area (Å²) in [7, 11) is 1.78. The fourth-order valence-corrected chi connectivity index (χ4v) is 6.03. The number of nitrogens with zero attached hydrogens (tertiary/aromatic N) is 1. The zero-order chi connectivity index (χ0) is 25.5. The van der Waals surface area contributed by atoms with Crippen molar-refractivity contribution in [2.75, 3.05) is 17.3 Å². The van der Waals surface area contributed by atoms with E-state index in [1.165, 1.54) is 0 Å². The number of carbonyl (C=O) groups excluding carboxylic acids is 3. The lowest BCUT2D eigenvalue weighted by atomic mass is 9.69. The van der Waals surface area contributed by atoms with Gasteiger partial charge in [-0.15, -0.1) is 0 Å². The van der Waals surface area contributed by atoms with Gasteiger partial charge in [0.05, 0.1) is 11.3 Å². The van der Waals surface area contributed by atoms with Gasteiger partial charge in [0.2, 0.25) is 5.91 Å². The molecule has 1 spiro atoms. The van der Waals surface area contributed by atoms with Crippen LogP contribution >= 0.6 is 0 Å². The van der Waals surface area contributed by atoms with E-state index in [2.05, 4.69) is 5.32 Å². The molecular formula is C32H22N2O3. The Morgan fingerprint density at radius 2 is 1.43 bits per heavy atom. The van der Waals surface area contributed by atoms with Gasteiger partial charge in [-0.3, -0.25) is 14.4 Å². The zero-order valence-corrected chi connectivity index (χ0v) is 20.3. The van der Waals surface area contributed by atoms with Crippen molar-refractivity contribution in [1.82, 2.24) is 0 Å². The highest BCUT2D eigenvalue weighted by Crippen LogP contribution is 2.54. The van der Waals surface area contributed by atoms with E-state index in [0.717, 1.165) is 28.1 Å². The summed E-state index contributed by atoms with van der Waals surface area (Å²) in [4.78, 5) is 43.3. The van der Waals surface area contributed by atoms with Gasteiger partial charge in [0, 0.05) is 46.2 Å². The van der Waals surface area contributed by atoms with Gasteiger partial charge in [0.15, 0.2) is 11.6 Å². The Kier molecular flexibility index (Phi) is 4.28. The Morgan fingerprint density at radius 3 is 2.19 bits per heavy atom. The molecule has 1 amide bonds. The number of ketones is 2. The number of hydrogen-bond donors (Lipinski definition) is 1. The lowest BCUT2D eigenvalue weighted by Gasteiger charge is -2.36. The number of benzene rings is 4. The highest BCUT2D eigenvalue weighted by Gasteiger charge is 2.53. The maximum absolute atomic E-state index is 14.2. The van der Waals surface area contributed by atoms with Crippen LogP contribution in [0.5, 0.6) is 0 Å². The number of rotatable bonds is 1. The Hall–Kier alpha value is -4.77. The molecule has 2 heterocycles. The summed E-state index contributed by atoms with van der Waals surface area (Å²) in [5.74, 6) is -0.507. The second-order valence-electron chi connectivity index (χ2n) is 9.86. The maximum Gasteiger partial charge on any atom is 0.246 e. The minimum Gasteiger partial charge on any atom is -0.354 e. The molecule has 3 aliphatic rings. The predicted octanol–water partition coefficient (Wildman–Crippen LogP) is 5.50. The zero-order valence-electron chi connectivity index (χ0n) is 20.3. The normalized spacial score (nSPS) is 19.1. The molecule has 0 aromatic heterocycles. The molecule has 2 aliphatic heterocycles. The number of hydrogen-bond acceptors (Lipinski definition) is 4. The second-order valence-corrected chi connectivity index (χ2v) is 9.86. The Bertz CT molecular complexity index is 1730. The van der Waals surface area contributed by atoms with Gasteiger partial charge in [-0.2, -0.15) is 0 Å². The lowest BCUT2D eigenvalue weighted by Crippen LogP contribution is -2.41. The molecule has 1 aliphatic carbocycles. The summed E-state index contributed by atoms with van der Waals surface area (Å²) < 4.78 is 0. The summed E-state index contributed by atoms with van der Waals surface area (Å²) in [6.45, 7) is 2.01. The van der Waals surface area contributed by atoms with Crippen LogP contribution in [0, 0.1) is 6.92 Å². The number of fused-ring (bicyclic) bond motifs is 7. The van der Waals surface area contributed by atoms with Crippen molar-refractivity contribution in [2.24, 2.45) is 0 Å². The molecule has 1 atom stereocenters. The van der Waals surface area contributed by atoms with Gasteiger partial charge in [0.1, 0.15) is 5.41 Å². The van der Waals surface area contributed by atoms with E-state index in [9.17, 15) is 14.4 Å². The molecule has 4 aromatic rings. The predicted molar refractivity (Wildman–Crippen MR) is 143 cm³/mol. The first-order chi connectivity index (χ1) is 17.9. The fourth-order valence-electron chi connectivity index (χ4n) is 6.03. The molecule has 4 aromatic carbocycles. The van der Waals surface area contributed by atoms with Crippen LogP contribution < -0.4 is 10.2 Å². The molecule has 0 radical (unpaired) electrons. The number of nitrogens with one attached hydrogen (secondary N) is 1. The smallest absolute Gasteiger partial charge is 0.246 e. The standard InChI is InChI=1S/C32H22N2O3/c1-18-12-15-26-24(16-18)32(31(37)34(26)2)17-25(19-8-4-3-5-9-19)33-28-23(32)14-13-22-27(28)30(36)21-11-7-6-10-20(21)29(22)35/h3-17,33H,1-2H3/t32-/m1/s1. The van der Waals surface area contributed by atoms with Crippen molar-refractivity contribution in [3.8, 4) is 0 Å². The molecule has 178 valence electrons. The first kappa shape index (κ1) is 21.5. The maximum atomic E-state index is 14.2. The van der Waals surface area contributed by atoms with Gasteiger partial charge in [-0.05, 0) is 30.7 Å². The van der Waals surface area contributed by atoms with Crippen molar-refractivity contribution in [2.45, 2.75) is 12.3 Å². The molecule has 0 unspecified atom stereocenters. The summed E-state index contributed by atoms with van der Waals surface area (Å²) in [6.07, 6.45) is 1.98. The third-order valence-electron chi connectivity index (χ3n) is 7.80. The summed E-state index contributed by atoms with van der Waals surface area (Å²) in [5, 5.41) is 3.47. The first-order valence-corrected chi connectivity index (χ1v) is 12.2. The van der Waals surface area contributed by atoms with E-state index in [1.54, 1.807) is 42.3 Å². The highest BCUT2D eigenvalue weighted by molar-refractivity contribution is 6.31. The monoisotopic (exact) mass is 482 g/mol. The van der Waals surface area contributed by atoms with Gasteiger partial charge in [-0.1, -0.05) is 78.4 Å². The Morgan fingerprint density at radius 1 is 0.730 bits per heavy atom. The van der Waals surface area contributed by atoms with Crippen molar-refractivity contribution in [3.63, 3.8) is 0 Å². The van der Waals surface area contributed by atoms with Crippen LogP contribution in [0.15, 0.2) is 91.0 Å². The molecule has 0 bridgehead atoms. The van der Waals surface area contributed by atoms with E-state index >= 15 is 0 Å². The molecule has 0 fully saturated rings. The molecular weight excluding hydrogens is 460 g/mol. The van der Waals surface area contributed by atoms with Crippen LogP contribution in [-0.4, -0.2) is 24.5 Å². The van der Waals surface area contributed by atoms with E-state index in [0.29, 0.717) is 33.5 Å². The van der Waals surface area contributed by atoms with Crippen LogP contribution in [0.3, 0.4) is 0 Å². The van der Waals surface area contributed by atoms with E-state index in [-0.39, 0.29) is 17.5 Å². The summed E-state index contributed by atoms with van der Waals surface area (Å²) in [5.41, 5.74) is 5.84. The SMILES string of the molecule is Cc1ccc2c(c1)[C@]1(C=C(c3ccccc3)Nc3c1ccc1c3C(=O)c3ccccc3C1=O)C(=O)N2C. The average molecular weight is 483 g/mol. The molecule has 5 nitrogen and oxygen atoms in total. The van der Waals surface area contributed by atoms with Crippen LogP contribution in [0.4, 0.5) is 11.4 Å². The van der Waals surface area contributed by atoms with Crippen LogP contribution in [0.25, 0.3) is 5.70 Å². The highest BCUT2D eigenvalue weighted by atomic mass is 16.2. The number of aryl methyl sites for hydroxylation is 1. The topological polar surface area (TPSA) is 66.5 Å². The van der Waals surface area contributed by atoms with Gasteiger partial charge in [-0.25, -0.2) is 0 Å². The fraction of sp³-hybridized carbons (Fsp3) is 0.0938. The molecule has 0 saturated heterocycles. The number of carbonyl (C=O) groups is 3. The van der Waals surface area contributed by atoms with Gasteiger partial charge in [0.25, 0.3) is 0 Å². The Labute approximate surface area is 214 Å². The largest absolute Gasteiger partial charge is 0.354 e. The molecule has 5 heteroatoms. The van der Waals surface area contributed by atoms with Crippen LogP contribution in [-0.2, 0) is 10.2 Å². The summed E-state index contributed by atoms with van der Waals surface area (Å²) >= 11 is 0. The van der Waals surface area contributed by atoms with Crippen molar-refractivity contribution >= 4 is 34.5 Å². The lowest BCUT2D eigenvalue weighted by molar-refractivity contribution is -0.120. The van der Waals surface area contributed by atoms with Gasteiger partial charge >= 0.3 is 0 Å². The third-order valence-corrected chi connectivity index (χ3v) is 7.80. The van der Waals surface area contributed by atoms with Crippen molar-refractivity contribution < 1.29 is 14.4 Å².